The molecule has 4 nitrogen and oxygen atoms in total. The predicted octanol–water partition coefficient (Wildman–Crippen LogP) is 2.51. The number of rotatable bonds is 3. The van der Waals surface area contributed by atoms with Gasteiger partial charge in [-0.15, -0.1) is 0 Å². The van der Waals surface area contributed by atoms with E-state index in [-0.39, 0.29) is 5.82 Å². The summed E-state index contributed by atoms with van der Waals surface area (Å²) in [5.41, 5.74) is 8.29. The lowest BCUT2D eigenvalue weighted by Gasteiger charge is -2.19. The van der Waals surface area contributed by atoms with Gasteiger partial charge >= 0.3 is 0 Å². The molecule has 2 aromatic rings. The molecule has 0 bridgehead atoms. The zero-order valence-corrected chi connectivity index (χ0v) is 11.4. The third kappa shape index (κ3) is 2.04. The van der Waals surface area contributed by atoms with Gasteiger partial charge in [0.1, 0.15) is 6.33 Å². The van der Waals surface area contributed by atoms with Gasteiger partial charge in [0.15, 0.2) is 11.6 Å². The first-order valence-electron chi connectivity index (χ1n) is 6.76. The first-order valence-corrected chi connectivity index (χ1v) is 6.76. The zero-order valence-electron chi connectivity index (χ0n) is 11.4. The summed E-state index contributed by atoms with van der Waals surface area (Å²) in [6, 6.07) is 8.06. The molecule has 3 rings (SSSR count). The lowest BCUT2D eigenvalue weighted by Crippen LogP contribution is -2.20. The van der Waals surface area contributed by atoms with Crippen LogP contribution in [0, 0.1) is 12.7 Å². The van der Waals surface area contributed by atoms with E-state index in [1.807, 2.05) is 23.1 Å². The predicted molar refractivity (Wildman–Crippen MR) is 76.6 cm³/mol. The van der Waals surface area contributed by atoms with Crippen molar-refractivity contribution in [2.24, 2.45) is 5.73 Å². The SMILES string of the molecule is Cc1ncnc(N2CC(CCN)c3ccccc32)c1F. The fourth-order valence-electron chi connectivity index (χ4n) is 2.78. The summed E-state index contributed by atoms with van der Waals surface area (Å²) in [6.45, 7) is 2.99. The molecular weight excluding hydrogens is 255 g/mol. The molecule has 1 aliphatic rings. The van der Waals surface area contributed by atoms with Crippen LogP contribution in [-0.4, -0.2) is 23.1 Å². The molecule has 5 heteroatoms. The third-order valence-corrected chi connectivity index (χ3v) is 3.79. The van der Waals surface area contributed by atoms with Crippen LogP contribution < -0.4 is 10.6 Å². The molecule has 1 aromatic carbocycles. The monoisotopic (exact) mass is 272 g/mol. The van der Waals surface area contributed by atoms with E-state index >= 15 is 0 Å². The first-order chi connectivity index (χ1) is 9.72. The van der Waals surface area contributed by atoms with Crippen molar-refractivity contribution >= 4 is 11.5 Å². The molecule has 0 saturated carbocycles. The quantitative estimate of drug-likeness (QED) is 0.932. The van der Waals surface area contributed by atoms with E-state index in [4.69, 9.17) is 5.73 Å². The van der Waals surface area contributed by atoms with Gasteiger partial charge in [-0.3, -0.25) is 0 Å². The maximum atomic E-state index is 14.3. The third-order valence-electron chi connectivity index (χ3n) is 3.79. The second-order valence-corrected chi connectivity index (χ2v) is 5.04. The van der Waals surface area contributed by atoms with Crippen molar-refractivity contribution in [1.29, 1.82) is 0 Å². The molecule has 0 fully saturated rings. The maximum Gasteiger partial charge on any atom is 0.187 e. The average molecular weight is 272 g/mol. The van der Waals surface area contributed by atoms with E-state index in [9.17, 15) is 4.39 Å². The summed E-state index contributed by atoms with van der Waals surface area (Å²) < 4.78 is 14.3. The Morgan fingerprint density at radius 2 is 2.15 bits per heavy atom. The fourth-order valence-corrected chi connectivity index (χ4v) is 2.78. The second kappa shape index (κ2) is 5.17. The number of hydrogen-bond donors (Lipinski definition) is 1. The van der Waals surface area contributed by atoms with Crippen LogP contribution >= 0.6 is 0 Å². The Hall–Kier alpha value is -2.01. The van der Waals surface area contributed by atoms with Gasteiger partial charge in [0, 0.05) is 18.2 Å². The highest BCUT2D eigenvalue weighted by atomic mass is 19.1. The molecule has 104 valence electrons. The number of hydrogen-bond acceptors (Lipinski definition) is 4. The van der Waals surface area contributed by atoms with Gasteiger partial charge in [-0.25, -0.2) is 14.4 Å². The molecule has 2 N–H and O–H groups in total. The smallest absolute Gasteiger partial charge is 0.187 e. The number of nitrogens with zero attached hydrogens (tertiary/aromatic N) is 3. The Labute approximate surface area is 117 Å². The summed E-state index contributed by atoms with van der Waals surface area (Å²) in [7, 11) is 0. The summed E-state index contributed by atoms with van der Waals surface area (Å²) in [5, 5.41) is 0. The number of halogens is 1. The van der Waals surface area contributed by atoms with Crippen molar-refractivity contribution in [2.45, 2.75) is 19.3 Å². The van der Waals surface area contributed by atoms with Crippen molar-refractivity contribution in [2.75, 3.05) is 18.0 Å². The number of fused-ring (bicyclic) bond motifs is 1. The molecule has 0 amide bonds. The van der Waals surface area contributed by atoms with Crippen LogP contribution in [0.5, 0.6) is 0 Å². The first kappa shape index (κ1) is 13.0. The normalized spacial score (nSPS) is 17.4. The minimum Gasteiger partial charge on any atom is -0.330 e. The maximum absolute atomic E-state index is 14.3. The van der Waals surface area contributed by atoms with E-state index in [0.717, 1.165) is 12.1 Å². The Bertz CT molecular complexity index is 629. The zero-order chi connectivity index (χ0) is 14.1. The molecule has 1 unspecified atom stereocenters. The van der Waals surface area contributed by atoms with Crippen LogP contribution in [0.15, 0.2) is 30.6 Å². The van der Waals surface area contributed by atoms with Crippen LogP contribution in [0.3, 0.4) is 0 Å². The second-order valence-electron chi connectivity index (χ2n) is 5.04. The molecule has 1 atom stereocenters. The number of aromatic nitrogens is 2. The Balaban J connectivity index is 2.06. The summed E-state index contributed by atoms with van der Waals surface area (Å²) in [6.07, 6.45) is 2.30. The molecule has 0 aliphatic carbocycles. The van der Waals surface area contributed by atoms with Crippen LogP contribution in [-0.2, 0) is 0 Å². The minimum atomic E-state index is -0.351. The van der Waals surface area contributed by atoms with Gasteiger partial charge in [-0.05, 0) is 31.5 Å². The van der Waals surface area contributed by atoms with Crippen molar-refractivity contribution in [3.05, 3.63) is 47.7 Å². The van der Waals surface area contributed by atoms with Gasteiger partial charge in [0.2, 0.25) is 0 Å². The summed E-state index contributed by atoms with van der Waals surface area (Å²) in [5.74, 6) is 0.325. The van der Waals surface area contributed by atoms with Gasteiger partial charge in [-0.2, -0.15) is 0 Å². The highest BCUT2D eigenvalue weighted by Crippen LogP contribution is 2.41. The fraction of sp³-hybridized carbons (Fsp3) is 0.333. The average Bonchev–Trinajstić information content (AvgIpc) is 2.82. The van der Waals surface area contributed by atoms with E-state index in [1.54, 1.807) is 6.92 Å². The Kier molecular flexibility index (Phi) is 3.36. The van der Waals surface area contributed by atoms with Crippen molar-refractivity contribution < 1.29 is 4.39 Å². The van der Waals surface area contributed by atoms with Crippen molar-refractivity contribution in [3.8, 4) is 0 Å². The largest absolute Gasteiger partial charge is 0.330 e. The van der Waals surface area contributed by atoms with Crippen molar-refractivity contribution in [3.63, 3.8) is 0 Å². The highest BCUT2D eigenvalue weighted by molar-refractivity contribution is 5.69. The molecular formula is C15H17FN4. The number of benzene rings is 1. The topological polar surface area (TPSA) is 55.0 Å². The van der Waals surface area contributed by atoms with E-state index in [1.165, 1.54) is 11.9 Å². The van der Waals surface area contributed by atoms with Gasteiger partial charge in [0.05, 0.1) is 5.69 Å². The number of para-hydroxylation sites is 1. The minimum absolute atomic E-state index is 0.325. The highest BCUT2D eigenvalue weighted by Gasteiger charge is 2.31. The molecule has 20 heavy (non-hydrogen) atoms. The van der Waals surface area contributed by atoms with Crippen LogP contribution in [0.25, 0.3) is 0 Å². The summed E-state index contributed by atoms with van der Waals surface area (Å²) >= 11 is 0. The Morgan fingerprint density at radius 1 is 1.35 bits per heavy atom. The molecule has 2 heterocycles. The van der Waals surface area contributed by atoms with E-state index < -0.39 is 0 Å². The van der Waals surface area contributed by atoms with Crippen LogP contribution in [0.2, 0.25) is 0 Å². The molecule has 1 aliphatic heterocycles. The van der Waals surface area contributed by atoms with Gasteiger partial charge < -0.3 is 10.6 Å². The van der Waals surface area contributed by atoms with Gasteiger partial charge in [0.25, 0.3) is 0 Å². The molecule has 0 spiro atoms. The molecule has 0 saturated heterocycles. The lowest BCUT2D eigenvalue weighted by molar-refractivity contribution is 0.594. The lowest BCUT2D eigenvalue weighted by atomic mass is 9.98. The number of nitrogens with two attached hydrogens (primary N) is 1. The molecule has 0 radical (unpaired) electrons. The molecule has 1 aromatic heterocycles. The number of anilines is 2. The standard InChI is InChI=1S/C15H17FN4/c1-10-14(16)15(19-9-18-10)20-8-11(6-7-17)12-4-2-3-5-13(12)20/h2-5,9,11H,6-8,17H2,1H3. The summed E-state index contributed by atoms with van der Waals surface area (Å²) in [4.78, 5) is 9.94. The van der Waals surface area contributed by atoms with Crippen molar-refractivity contribution in [1.82, 2.24) is 9.97 Å². The van der Waals surface area contributed by atoms with Gasteiger partial charge in [-0.1, -0.05) is 18.2 Å². The van der Waals surface area contributed by atoms with E-state index in [2.05, 4.69) is 16.0 Å². The Morgan fingerprint density at radius 3 is 2.95 bits per heavy atom. The number of aryl methyl sites for hydroxylation is 1. The van der Waals surface area contributed by atoms with Crippen LogP contribution in [0.4, 0.5) is 15.9 Å². The van der Waals surface area contributed by atoms with Crippen LogP contribution in [0.1, 0.15) is 23.6 Å². The van der Waals surface area contributed by atoms with E-state index in [0.29, 0.717) is 30.5 Å².